The van der Waals surface area contributed by atoms with Crippen molar-refractivity contribution in [3.05, 3.63) is 52.7 Å². The van der Waals surface area contributed by atoms with E-state index >= 15 is 0 Å². The molecule has 0 fully saturated rings. The van der Waals surface area contributed by atoms with Crippen molar-refractivity contribution in [2.75, 3.05) is 17.9 Å². The summed E-state index contributed by atoms with van der Waals surface area (Å²) < 4.78 is 10.7. The van der Waals surface area contributed by atoms with Gasteiger partial charge in [0, 0.05) is 11.6 Å². The van der Waals surface area contributed by atoms with Gasteiger partial charge in [-0.05, 0) is 35.9 Å². The number of amides is 1. The molecule has 1 aliphatic heterocycles. The van der Waals surface area contributed by atoms with Gasteiger partial charge in [-0.2, -0.15) is 0 Å². The number of aromatic amines is 1. The minimum absolute atomic E-state index is 0.0948. The number of hydrogen-bond acceptors (Lipinski definition) is 8. The molecule has 0 atom stereocenters. The highest BCUT2D eigenvalue weighted by Gasteiger charge is 2.21. The largest absolute Gasteiger partial charge is 0.454 e. The Hall–Kier alpha value is -3.08. The molecule has 0 saturated heterocycles. The fourth-order valence-electron chi connectivity index (χ4n) is 3.27. The van der Waals surface area contributed by atoms with Crippen LogP contribution in [0.4, 0.5) is 5.69 Å². The van der Waals surface area contributed by atoms with Gasteiger partial charge >= 0.3 is 0 Å². The molecule has 0 radical (unpaired) electrons. The molecule has 2 N–H and O–H groups in total. The van der Waals surface area contributed by atoms with Crippen molar-refractivity contribution in [1.82, 2.24) is 9.97 Å². The molecule has 4 aromatic rings. The molecular weight excluding hydrogens is 466 g/mol. The van der Waals surface area contributed by atoms with Gasteiger partial charge in [-0.3, -0.25) is 9.59 Å². The number of thioether (sulfide) groups is 1. The van der Waals surface area contributed by atoms with Crippen molar-refractivity contribution in [1.29, 1.82) is 0 Å². The molecule has 3 aromatic heterocycles. The summed E-state index contributed by atoms with van der Waals surface area (Å²) >= 11 is 4.56. The van der Waals surface area contributed by atoms with Crippen molar-refractivity contribution in [3.8, 4) is 32.6 Å². The lowest BCUT2D eigenvalue weighted by Crippen LogP contribution is -2.16. The Bertz CT molecular complexity index is 1230. The number of carbonyl (C=O) groups excluding carboxylic acids is 2. The van der Waals surface area contributed by atoms with E-state index in [2.05, 4.69) is 10.3 Å². The highest BCUT2D eigenvalue weighted by atomic mass is 32.2. The molecule has 32 heavy (non-hydrogen) atoms. The highest BCUT2D eigenvalue weighted by Crippen LogP contribution is 2.38. The maximum absolute atomic E-state index is 12.7. The van der Waals surface area contributed by atoms with Gasteiger partial charge in [0.2, 0.25) is 12.7 Å². The number of fused-ring (bicyclic) bond motifs is 1. The van der Waals surface area contributed by atoms with Crippen LogP contribution in [0.15, 0.2) is 52.3 Å². The van der Waals surface area contributed by atoms with Gasteiger partial charge in [0.1, 0.15) is 5.69 Å². The SMILES string of the molecule is CC(=O)c1cc2c(cc1NC(=O)CSc1nc(-c3cccs3)c(-c3cccs3)[nH]1)OCO2. The van der Waals surface area contributed by atoms with Gasteiger partial charge in [0.25, 0.3) is 0 Å². The third kappa shape index (κ3) is 4.16. The van der Waals surface area contributed by atoms with Crippen LogP contribution >= 0.6 is 34.4 Å². The molecule has 0 bridgehead atoms. The van der Waals surface area contributed by atoms with E-state index in [1.54, 1.807) is 34.8 Å². The number of benzene rings is 1. The second kappa shape index (κ2) is 8.81. The Labute approximate surface area is 195 Å². The first-order chi connectivity index (χ1) is 15.6. The molecule has 5 rings (SSSR count). The number of carbonyl (C=O) groups is 2. The van der Waals surface area contributed by atoms with Crippen LogP contribution in [-0.4, -0.2) is 34.2 Å². The minimum atomic E-state index is -0.247. The third-order valence-corrected chi connectivity index (χ3v) is 7.35. The molecule has 10 heteroatoms. The fraction of sp³-hybridized carbons (Fsp3) is 0.136. The number of hydrogen-bond donors (Lipinski definition) is 2. The van der Waals surface area contributed by atoms with E-state index in [-0.39, 0.29) is 24.2 Å². The summed E-state index contributed by atoms with van der Waals surface area (Å²) in [7, 11) is 0. The summed E-state index contributed by atoms with van der Waals surface area (Å²) in [6.07, 6.45) is 0. The zero-order chi connectivity index (χ0) is 22.1. The van der Waals surface area contributed by atoms with Gasteiger partial charge in [0.05, 0.1) is 26.9 Å². The normalized spacial score (nSPS) is 12.2. The fourth-order valence-corrected chi connectivity index (χ4v) is 5.38. The third-order valence-electron chi connectivity index (χ3n) is 4.71. The van der Waals surface area contributed by atoms with Crippen LogP contribution in [0.5, 0.6) is 11.5 Å². The van der Waals surface area contributed by atoms with E-state index in [0.717, 1.165) is 21.1 Å². The molecule has 1 aromatic carbocycles. The average molecular weight is 484 g/mol. The van der Waals surface area contributed by atoms with Crippen LogP contribution in [-0.2, 0) is 4.79 Å². The first-order valence-corrected chi connectivity index (χ1v) is 12.4. The Kier molecular flexibility index (Phi) is 5.73. The number of nitrogens with one attached hydrogen (secondary N) is 2. The predicted octanol–water partition coefficient (Wildman–Crippen LogP) is 5.53. The molecule has 0 unspecified atom stereocenters. The molecule has 4 heterocycles. The number of nitrogens with zero attached hydrogens (tertiary/aromatic N) is 1. The number of thiophene rings is 2. The van der Waals surface area contributed by atoms with Gasteiger partial charge < -0.3 is 19.8 Å². The van der Waals surface area contributed by atoms with E-state index in [9.17, 15) is 9.59 Å². The van der Waals surface area contributed by atoms with Crippen LogP contribution in [0.2, 0.25) is 0 Å². The lowest BCUT2D eigenvalue weighted by Gasteiger charge is -2.10. The number of rotatable bonds is 7. The molecule has 0 saturated carbocycles. The van der Waals surface area contributed by atoms with Crippen LogP contribution in [0.1, 0.15) is 17.3 Å². The maximum Gasteiger partial charge on any atom is 0.234 e. The second-order valence-electron chi connectivity index (χ2n) is 6.86. The Morgan fingerprint density at radius 3 is 2.53 bits per heavy atom. The van der Waals surface area contributed by atoms with E-state index < -0.39 is 0 Å². The average Bonchev–Trinajstić information content (AvgIpc) is 3.57. The summed E-state index contributed by atoms with van der Waals surface area (Å²) in [4.78, 5) is 34.9. The van der Waals surface area contributed by atoms with E-state index in [1.807, 2.05) is 35.0 Å². The van der Waals surface area contributed by atoms with Crippen molar-refractivity contribution in [2.24, 2.45) is 0 Å². The quantitative estimate of drug-likeness (QED) is 0.265. The molecule has 0 spiro atoms. The van der Waals surface area contributed by atoms with Crippen molar-refractivity contribution < 1.29 is 19.1 Å². The number of ether oxygens (including phenoxy) is 2. The zero-order valence-electron chi connectivity index (χ0n) is 16.8. The minimum Gasteiger partial charge on any atom is -0.454 e. The summed E-state index contributed by atoms with van der Waals surface area (Å²) in [6.45, 7) is 1.54. The lowest BCUT2D eigenvalue weighted by atomic mass is 10.1. The molecule has 1 aliphatic rings. The molecule has 0 aliphatic carbocycles. The first-order valence-electron chi connectivity index (χ1n) is 9.63. The predicted molar refractivity (Wildman–Crippen MR) is 127 cm³/mol. The van der Waals surface area contributed by atoms with Gasteiger partial charge in [-0.15, -0.1) is 22.7 Å². The monoisotopic (exact) mass is 483 g/mol. The molecule has 7 nitrogen and oxygen atoms in total. The standard InChI is InChI=1S/C22H17N3O4S3/c1-12(26)13-8-15-16(29-11-28-15)9-14(13)23-19(27)10-32-22-24-20(17-4-2-6-30-17)21(25-22)18-5-3-7-31-18/h2-9H,10-11H2,1H3,(H,23,27)(H,24,25). The second-order valence-corrected chi connectivity index (χ2v) is 9.72. The molecular formula is C22H17N3O4S3. The Morgan fingerprint density at radius 2 is 1.84 bits per heavy atom. The number of ketones is 1. The summed E-state index contributed by atoms with van der Waals surface area (Å²) in [5.74, 6) is 0.722. The first kappa shape index (κ1) is 20.8. The van der Waals surface area contributed by atoms with Crippen molar-refractivity contribution in [2.45, 2.75) is 12.1 Å². The highest BCUT2D eigenvalue weighted by molar-refractivity contribution is 7.99. The number of anilines is 1. The zero-order valence-corrected chi connectivity index (χ0v) is 19.3. The van der Waals surface area contributed by atoms with Crippen LogP contribution in [0.3, 0.4) is 0 Å². The number of H-pyrrole nitrogens is 1. The van der Waals surface area contributed by atoms with Crippen LogP contribution in [0, 0.1) is 0 Å². The maximum atomic E-state index is 12.7. The summed E-state index contributed by atoms with van der Waals surface area (Å²) in [5.41, 5.74) is 2.61. The van der Waals surface area contributed by atoms with Crippen LogP contribution in [0.25, 0.3) is 21.1 Å². The number of aromatic nitrogens is 2. The Balaban J connectivity index is 1.33. The van der Waals surface area contributed by atoms with Crippen molar-refractivity contribution in [3.63, 3.8) is 0 Å². The summed E-state index contributed by atoms with van der Waals surface area (Å²) in [6, 6.07) is 11.3. The van der Waals surface area contributed by atoms with E-state index in [0.29, 0.717) is 27.9 Å². The van der Waals surface area contributed by atoms with Gasteiger partial charge in [-0.1, -0.05) is 23.9 Å². The molecule has 162 valence electrons. The smallest absolute Gasteiger partial charge is 0.234 e. The number of imidazole rings is 1. The Morgan fingerprint density at radius 1 is 1.12 bits per heavy atom. The molecule has 1 amide bonds. The topological polar surface area (TPSA) is 93.3 Å². The number of Topliss-reactive ketones (excluding diaryl/α,β-unsaturated/α-hetero) is 1. The van der Waals surface area contributed by atoms with E-state index in [1.165, 1.54) is 18.7 Å². The van der Waals surface area contributed by atoms with Crippen LogP contribution < -0.4 is 14.8 Å². The summed E-state index contributed by atoms with van der Waals surface area (Å²) in [5, 5.41) is 7.51. The van der Waals surface area contributed by atoms with Gasteiger partial charge in [-0.25, -0.2) is 4.98 Å². The van der Waals surface area contributed by atoms with E-state index in [4.69, 9.17) is 14.5 Å². The van der Waals surface area contributed by atoms with Gasteiger partial charge in [0.15, 0.2) is 22.4 Å². The van der Waals surface area contributed by atoms with Crippen molar-refractivity contribution >= 4 is 51.8 Å². The lowest BCUT2D eigenvalue weighted by molar-refractivity contribution is -0.113.